The van der Waals surface area contributed by atoms with Gasteiger partial charge < -0.3 is 9.47 Å². The molecule has 0 spiro atoms. The summed E-state index contributed by atoms with van der Waals surface area (Å²) in [5, 5.41) is 15.3. The Morgan fingerprint density at radius 3 is 1.33 bits per heavy atom. The van der Waals surface area contributed by atoms with E-state index in [1.165, 1.54) is 0 Å². The van der Waals surface area contributed by atoms with Gasteiger partial charge in [0.15, 0.2) is 0 Å². The van der Waals surface area contributed by atoms with E-state index in [-0.39, 0.29) is 12.5 Å². The summed E-state index contributed by atoms with van der Waals surface area (Å²) in [6.45, 7) is 0. The van der Waals surface area contributed by atoms with Crippen LogP contribution in [0.1, 0.15) is 0 Å². The number of hydrogen-bond acceptors (Lipinski definition) is 4. The van der Waals surface area contributed by atoms with E-state index in [4.69, 9.17) is 10.5 Å². The first-order valence-electron chi connectivity index (χ1n) is 2.90. The molecule has 0 amide bonds. The van der Waals surface area contributed by atoms with Crippen LogP contribution in [0.25, 0.3) is 0 Å². The maximum atomic E-state index is 12.7. The third-order valence-electron chi connectivity index (χ3n) is 1.08. The maximum absolute atomic E-state index is 12.7. The van der Waals surface area contributed by atoms with E-state index in [9.17, 15) is 26.3 Å². The molecule has 0 unspecified atom stereocenters. The SMILES string of the molecule is N#COC(F)(OC#N)C(F)(F)C(F)(F)F. The molecule has 0 N–H and O–H groups in total. The molecule has 0 rings (SSSR count). The molecule has 0 fully saturated rings. The summed E-state index contributed by atoms with van der Waals surface area (Å²) in [7, 11) is 0. The van der Waals surface area contributed by atoms with Crippen molar-refractivity contribution >= 4 is 0 Å². The lowest BCUT2D eigenvalue weighted by atomic mass is 10.3. The molecule has 4 nitrogen and oxygen atoms in total. The molecule has 0 aromatic carbocycles. The van der Waals surface area contributed by atoms with Gasteiger partial charge in [0.1, 0.15) is 0 Å². The third kappa shape index (κ3) is 2.15. The highest BCUT2D eigenvalue weighted by molar-refractivity contribution is 4.89. The fraction of sp³-hybridized carbons (Fsp3) is 0.600. The van der Waals surface area contributed by atoms with Crippen LogP contribution < -0.4 is 0 Å². The van der Waals surface area contributed by atoms with Crippen LogP contribution in [0.3, 0.4) is 0 Å². The van der Waals surface area contributed by atoms with E-state index < -0.39 is 18.1 Å². The Hall–Kier alpha value is -1.84. The first-order chi connectivity index (χ1) is 6.62. The van der Waals surface area contributed by atoms with Crippen LogP contribution in [0.4, 0.5) is 26.3 Å². The Labute approximate surface area is 78.2 Å². The van der Waals surface area contributed by atoms with Gasteiger partial charge in [-0.15, -0.1) is 4.39 Å². The van der Waals surface area contributed by atoms with Crippen LogP contribution in [0.15, 0.2) is 0 Å². The largest absolute Gasteiger partial charge is 0.503 e. The first-order valence-corrected chi connectivity index (χ1v) is 2.90. The molecule has 0 aromatic heterocycles. The minimum absolute atomic E-state index is 0.240. The smallest absolute Gasteiger partial charge is 0.346 e. The van der Waals surface area contributed by atoms with Gasteiger partial charge in [-0.1, -0.05) is 0 Å². The van der Waals surface area contributed by atoms with E-state index in [1.54, 1.807) is 0 Å². The van der Waals surface area contributed by atoms with Crippen LogP contribution in [-0.4, -0.2) is 18.1 Å². The second-order valence-electron chi connectivity index (χ2n) is 2.00. The van der Waals surface area contributed by atoms with Crippen molar-refractivity contribution in [3.63, 3.8) is 0 Å². The Bertz CT molecular complexity index is 297. The molecular weight excluding hydrogens is 234 g/mol. The number of nitriles is 2. The molecule has 0 saturated heterocycles. The number of hydrogen-bond donors (Lipinski definition) is 0. The molecule has 0 aromatic rings. The summed E-state index contributed by atoms with van der Waals surface area (Å²) in [6.07, 6.45) is -5.90. The molecule has 0 heterocycles. The second-order valence-corrected chi connectivity index (χ2v) is 2.00. The summed E-state index contributed by atoms with van der Waals surface area (Å²) in [5.41, 5.74) is 0. The Balaban J connectivity index is 5.28. The predicted octanol–water partition coefficient (Wildman–Crippen LogP) is 1.80. The van der Waals surface area contributed by atoms with Crippen LogP contribution in [0, 0.1) is 23.0 Å². The van der Waals surface area contributed by atoms with Gasteiger partial charge >= 0.3 is 18.1 Å². The van der Waals surface area contributed by atoms with Crippen LogP contribution in [0.5, 0.6) is 0 Å². The molecular formula is C5F6N2O2. The standard InChI is InChI=1S/C5F6N2O2/c6-3(7,4(8,9)10)5(11,14-1-12)15-2-13. The van der Waals surface area contributed by atoms with Gasteiger partial charge in [-0.3, -0.25) is 0 Å². The number of halogens is 6. The van der Waals surface area contributed by atoms with Gasteiger partial charge in [0.05, 0.1) is 0 Å². The fourth-order valence-corrected chi connectivity index (χ4v) is 0.436. The highest BCUT2D eigenvalue weighted by Gasteiger charge is 2.77. The minimum Gasteiger partial charge on any atom is -0.346 e. The van der Waals surface area contributed by atoms with E-state index in [2.05, 4.69) is 9.47 Å². The van der Waals surface area contributed by atoms with E-state index in [0.717, 1.165) is 0 Å². The number of ether oxygens (including phenoxy) is 2. The molecule has 84 valence electrons. The molecule has 0 aliphatic heterocycles. The molecule has 0 atom stereocenters. The average molecular weight is 234 g/mol. The lowest BCUT2D eigenvalue weighted by Gasteiger charge is -2.27. The predicted molar refractivity (Wildman–Crippen MR) is 28.2 cm³/mol. The van der Waals surface area contributed by atoms with Gasteiger partial charge in [0.2, 0.25) is 0 Å². The van der Waals surface area contributed by atoms with Crippen LogP contribution in [-0.2, 0) is 9.47 Å². The van der Waals surface area contributed by atoms with Crippen molar-refractivity contribution in [3.8, 4) is 12.5 Å². The van der Waals surface area contributed by atoms with E-state index in [1.807, 2.05) is 0 Å². The van der Waals surface area contributed by atoms with Crippen molar-refractivity contribution in [1.82, 2.24) is 0 Å². The molecule has 0 bridgehead atoms. The van der Waals surface area contributed by atoms with E-state index in [0.29, 0.717) is 0 Å². The molecule has 0 saturated carbocycles. The summed E-state index contributed by atoms with van der Waals surface area (Å²) in [5.74, 6) is -6.16. The number of rotatable bonds is 3. The summed E-state index contributed by atoms with van der Waals surface area (Å²) >= 11 is 0. The number of alkyl halides is 6. The second kappa shape index (κ2) is 3.73. The highest BCUT2D eigenvalue weighted by atomic mass is 19.4. The molecule has 0 radical (unpaired) electrons. The Morgan fingerprint density at radius 2 is 1.13 bits per heavy atom. The minimum atomic E-state index is -6.38. The van der Waals surface area contributed by atoms with Gasteiger partial charge in [0.25, 0.3) is 12.5 Å². The molecule has 0 aliphatic carbocycles. The summed E-state index contributed by atoms with van der Waals surface area (Å²) in [6, 6.07) is -5.20. The quantitative estimate of drug-likeness (QED) is 0.424. The fourth-order valence-electron chi connectivity index (χ4n) is 0.436. The third-order valence-corrected chi connectivity index (χ3v) is 1.08. The Morgan fingerprint density at radius 1 is 0.800 bits per heavy atom. The Kier molecular flexibility index (Phi) is 3.27. The van der Waals surface area contributed by atoms with Crippen molar-refractivity contribution in [1.29, 1.82) is 10.5 Å². The monoisotopic (exact) mass is 234 g/mol. The zero-order valence-corrected chi connectivity index (χ0v) is 6.48. The highest BCUT2D eigenvalue weighted by Crippen LogP contribution is 2.46. The zero-order chi connectivity index (χ0) is 12.3. The van der Waals surface area contributed by atoms with Crippen molar-refractivity contribution in [2.75, 3.05) is 0 Å². The van der Waals surface area contributed by atoms with Crippen molar-refractivity contribution in [2.45, 2.75) is 18.1 Å². The lowest BCUT2D eigenvalue weighted by molar-refractivity contribution is -0.433. The average Bonchev–Trinajstić information content (AvgIpc) is 2.02. The van der Waals surface area contributed by atoms with Gasteiger partial charge in [0, 0.05) is 0 Å². The van der Waals surface area contributed by atoms with Gasteiger partial charge in [-0.25, -0.2) is 0 Å². The maximum Gasteiger partial charge on any atom is 0.503 e. The number of nitrogens with zero attached hydrogens (tertiary/aromatic N) is 2. The lowest BCUT2D eigenvalue weighted by Crippen LogP contribution is -2.56. The van der Waals surface area contributed by atoms with Crippen molar-refractivity contribution < 1.29 is 35.8 Å². The van der Waals surface area contributed by atoms with E-state index >= 15 is 0 Å². The van der Waals surface area contributed by atoms with Gasteiger partial charge in [-0.05, 0) is 0 Å². The van der Waals surface area contributed by atoms with Crippen LogP contribution in [0.2, 0.25) is 0 Å². The van der Waals surface area contributed by atoms with Gasteiger partial charge in [-0.2, -0.15) is 32.5 Å². The van der Waals surface area contributed by atoms with Crippen molar-refractivity contribution in [3.05, 3.63) is 0 Å². The van der Waals surface area contributed by atoms with Crippen molar-refractivity contribution in [2.24, 2.45) is 0 Å². The molecule has 15 heavy (non-hydrogen) atoms. The topological polar surface area (TPSA) is 66.0 Å². The summed E-state index contributed by atoms with van der Waals surface area (Å²) < 4.78 is 77.7. The molecule has 0 aliphatic rings. The normalized spacial score (nSPS) is 12.5. The first kappa shape index (κ1) is 13.2. The molecule has 10 heteroatoms. The summed E-state index contributed by atoms with van der Waals surface area (Å²) in [4.78, 5) is 0. The zero-order valence-electron chi connectivity index (χ0n) is 6.48. The van der Waals surface area contributed by atoms with Crippen LogP contribution >= 0.6 is 0 Å².